The average molecular weight is 263 g/mol. The molecule has 0 saturated heterocycles. The molecule has 0 radical (unpaired) electrons. The molecular formula is C15H21NOS. The van der Waals surface area contributed by atoms with E-state index < -0.39 is 0 Å². The molecule has 98 valence electrons. The third-order valence-electron chi connectivity index (χ3n) is 3.34. The van der Waals surface area contributed by atoms with Crippen LogP contribution in [0.3, 0.4) is 0 Å². The minimum Gasteiger partial charge on any atom is -0.395 e. The van der Waals surface area contributed by atoms with E-state index in [4.69, 9.17) is 5.11 Å². The monoisotopic (exact) mass is 263 g/mol. The van der Waals surface area contributed by atoms with Crippen LogP contribution >= 0.6 is 11.3 Å². The summed E-state index contributed by atoms with van der Waals surface area (Å²) in [6.45, 7) is 2.40. The van der Waals surface area contributed by atoms with E-state index in [-0.39, 0.29) is 6.61 Å². The summed E-state index contributed by atoms with van der Waals surface area (Å²) >= 11 is 1.78. The molecule has 0 spiro atoms. The number of hydrogen-bond donors (Lipinski definition) is 1. The summed E-state index contributed by atoms with van der Waals surface area (Å²) < 4.78 is 0. The lowest BCUT2D eigenvalue weighted by Crippen LogP contribution is -2.28. The number of thiophene rings is 1. The maximum atomic E-state index is 8.67. The highest BCUT2D eigenvalue weighted by Gasteiger charge is 2.19. The Morgan fingerprint density at radius 3 is 3.00 bits per heavy atom. The standard InChI is InChI=1S/C15H21NOS/c1-16(10-13-6-4-7-13)11-15-9-14(12-18-15)5-2-3-8-17/h9,12-13,17H,3-4,6-8,10-11H2,1H3. The minimum absolute atomic E-state index is 0.147. The number of aliphatic hydroxyl groups excluding tert-OH is 1. The molecule has 2 nitrogen and oxygen atoms in total. The predicted molar refractivity (Wildman–Crippen MR) is 76.6 cm³/mol. The topological polar surface area (TPSA) is 23.5 Å². The molecule has 1 N–H and O–H groups in total. The molecule has 0 aromatic carbocycles. The molecular weight excluding hydrogens is 242 g/mol. The molecule has 1 heterocycles. The number of rotatable bonds is 5. The lowest BCUT2D eigenvalue weighted by atomic mass is 9.85. The normalized spacial score (nSPS) is 15.3. The van der Waals surface area contributed by atoms with Gasteiger partial charge in [-0.3, -0.25) is 0 Å². The Kier molecular flexibility index (Phi) is 5.25. The zero-order valence-corrected chi connectivity index (χ0v) is 11.8. The van der Waals surface area contributed by atoms with Gasteiger partial charge in [0.25, 0.3) is 0 Å². The highest BCUT2D eigenvalue weighted by Crippen LogP contribution is 2.27. The van der Waals surface area contributed by atoms with Crippen LogP contribution in [0.1, 0.15) is 36.1 Å². The molecule has 1 saturated carbocycles. The van der Waals surface area contributed by atoms with Gasteiger partial charge in [-0.05, 0) is 31.9 Å². The fourth-order valence-electron chi connectivity index (χ4n) is 2.20. The molecule has 18 heavy (non-hydrogen) atoms. The van der Waals surface area contributed by atoms with Gasteiger partial charge in [0.05, 0.1) is 6.61 Å². The van der Waals surface area contributed by atoms with E-state index in [9.17, 15) is 0 Å². The van der Waals surface area contributed by atoms with Crippen LogP contribution in [0, 0.1) is 17.8 Å². The van der Waals surface area contributed by atoms with Gasteiger partial charge < -0.3 is 10.0 Å². The first-order valence-electron chi connectivity index (χ1n) is 6.63. The van der Waals surface area contributed by atoms with Gasteiger partial charge >= 0.3 is 0 Å². The van der Waals surface area contributed by atoms with Crippen LogP contribution in [-0.2, 0) is 6.54 Å². The summed E-state index contributed by atoms with van der Waals surface area (Å²) in [5.41, 5.74) is 1.08. The van der Waals surface area contributed by atoms with Gasteiger partial charge in [0.1, 0.15) is 0 Å². The van der Waals surface area contributed by atoms with Crippen LogP contribution in [0.25, 0.3) is 0 Å². The van der Waals surface area contributed by atoms with Crippen LogP contribution in [-0.4, -0.2) is 30.2 Å². The highest BCUT2D eigenvalue weighted by atomic mass is 32.1. The molecule has 0 unspecified atom stereocenters. The van der Waals surface area contributed by atoms with Crippen molar-refractivity contribution in [3.63, 3.8) is 0 Å². The molecule has 1 aromatic rings. The van der Waals surface area contributed by atoms with Crippen molar-refractivity contribution < 1.29 is 5.11 Å². The first-order chi connectivity index (χ1) is 8.78. The van der Waals surface area contributed by atoms with E-state index in [1.165, 1.54) is 30.7 Å². The highest BCUT2D eigenvalue weighted by molar-refractivity contribution is 7.10. The zero-order chi connectivity index (χ0) is 12.8. The number of hydrogen-bond acceptors (Lipinski definition) is 3. The van der Waals surface area contributed by atoms with Crippen LogP contribution in [0.4, 0.5) is 0 Å². The summed E-state index contributed by atoms with van der Waals surface area (Å²) in [5, 5.41) is 10.8. The van der Waals surface area contributed by atoms with E-state index in [0.717, 1.165) is 18.0 Å². The van der Waals surface area contributed by atoms with Gasteiger partial charge in [-0.1, -0.05) is 18.3 Å². The Morgan fingerprint density at radius 2 is 2.33 bits per heavy atom. The average Bonchev–Trinajstić information content (AvgIpc) is 2.72. The largest absolute Gasteiger partial charge is 0.395 e. The van der Waals surface area contributed by atoms with Crippen LogP contribution in [0.5, 0.6) is 0 Å². The summed E-state index contributed by atoms with van der Waals surface area (Å²) in [6.07, 6.45) is 4.80. The molecule has 0 amide bonds. The Balaban J connectivity index is 1.80. The smallest absolute Gasteiger partial charge is 0.0540 e. The Hall–Kier alpha value is -0.820. The summed E-state index contributed by atoms with van der Waals surface area (Å²) in [7, 11) is 2.20. The van der Waals surface area contributed by atoms with Crippen molar-refractivity contribution in [2.45, 2.75) is 32.2 Å². The predicted octanol–water partition coefficient (Wildman–Crippen LogP) is 2.71. The van der Waals surface area contributed by atoms with Crippen molar-refractivity contribution in [2.75, 3.05) is 20.2 Å². The van der Waals surface area contributed by atoms with E-state index in [1.54, 1.807) is 11.3 Å². The molecule has 1 fully saturated rings. The molecule has 0 atom stereocenters. The molecule has 2 rings (SSSR count). The molecule has 3 heteroatoms. The fourth-order valence-corrected chi connectivity index (χ4v) is 3.09. The third-order valence-corrected chi connectivity index (χ3v) is 4.27. The quantitative estimate of drug-likeness (QED) is 0.826. The first kappa shape index (κ1) is 13.6. The SMILES string of the molecule is CN(Cc1cc(C#CCCO)cs1)CC1CCC1. The molecule has 0 aliphatic heterocycles. The fraction of sp³-hybridized carbons (Fsp3) is 0.600. The molecule has 0 bridgehead atoms. The summed E-state index contributed by atoms with van der Waals surface area (Å²) in [6, 6.07) is 2.17. The van der Waals surface area contributed by atoms with Gasteiger partial charge in [0.2, 0.25) is 0 Å². The number of nitrogens with zero attached hydrogens (tertiary/aromatic N) is 1. The second kappa shape index (κ2) is 6.94. The summed E-state index contributed by atoms with van der Waals surface area (Å²) in [5.74, 6) is 6.98. The van der Waals surface area contributed by atoms with E-state index >= 15 is 0 Å². The van der Waals surface area contributed by atoms with Crippen LogP contribution in [0.2, 0.25) is 0 Å². The maximum Gasteiger partial charge on any atom is 0.0540 e. The molecule has 1 aliphatic carbocycles. The Morgan fingerprint density at radius 1 is 1.50 bits per heavy atom. The van der Waals surface area contributed by atoms with Gasteiger partial charge in [-0.15, -0.1) is 11.3 Å². The maximum absolute atomic E-state index is 8.67. The van der Waals surface area contributed by atoms with Crippen molar-refractivity contribution in [3.05, 3.63) is 21.9 Å². The van der Waals surface area contributed by atoms with Gasteiger partial charge in [-0.2, -0.15) is 0 Å². The lowest BCUT2D eigenvalue weighted by molar-refractivity contribution is 0.201. The zero-order valence-electron chi connectivity index (χ0n) is 11.0. The molecule has 1 aliphatic rings. The van der Waals surface area contributed by atoms with Crippen molar-refractivity contribution >= 4 is 11.3 Å². The van der Waals surface area contributed by atoms with Gasteiger partial charge in [-0.25, -0.2) is 0 Å². The van der Waals surface area contributed by atoms with Crippen molar-refractivity contribution in [1.29, 1.82) is 0 Å². The van der Waals surface area contributed by atoms with Crippen LogP contribution in [0.15, 0.2) is 11.4 Å². The van der Waals surface area contributed by atoms with Crippen molar-refractivity contribution in [3.8, 4) is 11.8 Å². The first-order valence-corrected chi connectivity index (χ1v) is 7.51. The second-order valence-electron chi connectivity index (χ2n) is 5.07. The lowest BCUT2D eigenvalue weighted by Gasteiger charge is -2.29. The Bertz CT molecular complexity index is 425. The number of aliphatic hydroxyl groups is 1. The second-order valence-corrected chi connectivity index (χ2v) is 6.07. The van der Waals surface area contributed by atoms with Gasteiger partial charge in [0, 0.05) is 35.3 Å². The van der Waals surface area contributed by atoms with Crippen molar-refractivity contribution in [2.24, 2.45) is 5.92 Å². The van der Waals surface area contributed by atoms with Crippen molar-refractivity contribution in [1.82, 2.24) is 4.90 Å². The van der Waals surface area contributed by atoms with E-state index in [0.29, 0.717) is 6.42 Å². The van der Waals surface area contributed by atoms with E-state index in [1.807, 2.05) is 0 Å². The van der Waals surface area contributed by atoms with Crippen LogP contribution < -0.4 is 0 Å². The van der Waals surface area contributed by atoms with Gasteiger partial charge in [0.15, 0.2) is 0 Å². The molecule has 1 aromatic heterocycles. The summed E-state index contributed by atoms with van der Waals surface area (Å²) in [4.78, 5) is 3.80. The minimum atomic E-state index is 0.147. The third kappa shape index (κ3) is 4.13. The Labute approximate surface area is 114 Å². The van der Waals surface area contributed by atoms with E-state index in [2.05, 4.69) is 35.2 Å².